The molecule has 6 nitrogen and oxygen atoms in total. The summed E-state index contributed by atoms with van der Waals surface area (Å²) in [4.78, 5) is 26.7. The molecule has 2 rings (SSSR count). The van der Waals surface area contributed by atoms with Gasteiger partial charge in [0.25, 0.3) is 0 Å². The average Bonchev–Trinajstić information content (AvgIpc) is 2.93. The molecule has 2 aliphatic heterocycles. The van der Waals surface area contributed by atoms with Crippen molar-refractivity contribution in [2.45, 2.75) is 45.8 Å². The Bertz CT molecular complexity index is 404. The van der Waals surface area contributed by atoms with Crippen LogP contribution in [-0.2, 0) is 4.79 Å². The van der Waals surface area contributed by atoms with Gasteiger partial charge in [0.05, 0.1) is 6.10 Å². The lowest BCUT2D eigenvalue weighted by Gasteiger charge is -2.30. The lowest BCUT2D eigenvalue weighted by atomic mass is 9.80. The zero-order chi connectivity index (χ0) is 15.1. The highest BCUT2D eigenvalue weighted by atomic mass is 16.4. The number of urea groups is 1. The summed E-state index contributed by atoms with van der Waals surface area (Å²) >= 11 is 0. The molecule has 2 aliphatic rings. The normalized spacial score (nSPS) is 30.9. The Morgan fingerprint density at radius 2 is 1.85 bits per heavy atom. The molecule has 0 bridgehead atoms. The van der Waals surface area contributed by atoms with Crippen LogP contribution < -0.4 is 0 Å². The number of carboxylic acids is 1. The van der Waals surface area contributed by atoms with Crippen LogP contribution in [-0.4, -0.2) is 63.8 Å². The summed E-state index contributed by atoms with van der Waals surface area (Å²) in [6.45, 7) is 7.93. The predicted molar refractivity (Wildman–Crippen MR) is 73.3 cm³/mol. The average molecular weight is 284 g/mol. The minimum absolute atomic E-state index is 0.118. The van der Waals surface area contributed by atoms with E-state index < -0.39 is 18.1 Å². The van der Waals surface area contributed by atoms with Crippen LogP contribution in [0.25, 0.3) is 0 Å². The van der Waals surface area contributed by atoms with Crippen LogP contribution in [0, 0.1) is 11.3 Å². The summed E-state index contributed by atoms with van der Waals surface area (Å²) in [6, 6.07) is -1.15. The molecule has 2 N–H and O–H groups in total. The Kier molecular flexibility index (Phi) is 3.95. The number of aliphatic hydroxyl groups excluding tert-OH is 1. The first-order valence-corrected chi connectivity index (χ1v) is 7.16. The van der Waals surface area contributed by atoms with Crippen molar-refractivity contribution < 1.29 is 19.8 Å². The number of carbonyl (C=O) groups excluding carboxylic acids is 1. The van der Waals surface area contributed by atoms with Gasteiger partial charge in [-0.2, -0.15) is 0 Å². The largest absolute Gasteiger partial charge is 0.480 e. The van der Waals surface area contributed by atoms with E-state index in [1.807, 2.05) is 0 Å². The van der Waals surface area contributed by atoms with Gasteiger partial charge in [-0.25, -0.2) is 9.59 Å². The number of likely N-dealkylation sites (tertiary alicyclic amines) is 2. The fraction of sp³-hybridized carbons (Fsp3) is 0.857. The maximum absolute atomic E-state index is 12.5. The van der Waals surface area contributed by atoms with Gasteiger partial charge in [0.15, 0.2) is 0 Å². The molecule has 0 saturated carbocycles. The Morgan fingerprint density at radius 3 is 2.35 bits per heavy atom. The van der Waals surface area contributed by atoms with Gasteiger partial charge in [0, 0.05) is 26.1 Å². The third-order valence-electron chi connectivity index (χ3n) is 4.49. The molecular weight excluding hydrogens is 260 g/mol. The highest BCUT2D eigenvalue weighted by molar-refractivity contribution is 5.83. The van der Waals surface area contributed by atoms with Crippen molar-refractivity contribution in [1.29, 1.82) is 0 Å². The van der Waals surface area contributed by atoms with E-state index in [2.05, 4.69) is 20.8 Å². The molecule has 0 radical (unpaired) electrons. The van der Waals surface area contributed by atoms with Crippen LogP contribution in [0.4, 0.5) is 4.79 Å². The summed E-state index contributed by atoms with van der Waals surface area (Å²) in [7, 11) is 0. The topological polar surface area (TPSA) is 81.1 Å². The van der Waals surface area contributed by atoms with E-state index >= 15 is 0 Å². The number of amides is 2. The Morgan fingerprint density at radius 1 is 1.20 bits per heavy atom. The van der Waals surface area contributed by atoms with Crippen molar-refractivity contribution in [2.75, 3.05) is 19.6 Å². The van der Waals surface area contributed by atoms with Crippen molar-refractivity contribution in [1.82, 2.24) is 9.80 Å². The van der Waals surface area contributed by atoms with Crippen LogP contribution in [0.1, 0.15) is 33.6 Å². The molecule has 0 aromatic carbocycles. The number of rotatable bonds is 1. The van der Waals surface area contributed by atoms with Crippen LogP contribution in [0.3, 0.4) is 0 Å². The molecule has 0 spiro atoms. The van der Waals surface area contributed by atoms with Gasteiger partial charge in [0.2, 0.25) is 0 Å². The second kappa shape index (κ2) is 5.24. The first-order valence-electron chi connectivity index (χ1n) is 7.16. The molecule has 2 fully saturated rings. The Hall–Kier alpha value is -1.30. The van der Waals surface area contributed by atoms with Gasteiger partial charge in [-0.15, -0.1) is 0 Å². The first kappa shape index (κ1) is 15.1. The minimum atomic E-state index is -1.04. The van der Waals surface area contributed by atoms with Crippen molar-refractivity contribution >= 4 is 12.0 Å². The SMILES string of the molecule is CC(C)(C)C1CCN(C(=O)N2C[C@@H](O)C[C@H]2C(=O)O)C1. The van der Waals surface area contributed by atoms with Gasteiger partial charge in [-0.3, -0.25) is 0 Å². The fourth-order valence-corrected chi connectivity index (χ4v) is 3.08. The number of carboxylic acid groups (broad SMARTS) is 1. The second-order valence-corrected chi connectivity index (χ2v) is 6.98. The molecule has 20 heavy (non-hydrogen) atoms. The number of nitrogens with zero attached hydrogens (tertiary/aromatic N) is 2. The summed E-state index contributed by atoms with van der Waals surface area (Å²) in [5.41, 5.74) is 0.145. The highest BCUT2D eigenvalue weighted by Gasteiger charge is 2.43. The third-order valence-corrected chi connectivity index (χ3v) is 4.49. The van der Waals surface area contributed by atoms with E-state index in [0.717, 1.165) is 6.42 Å². The number of hydrogen-bond acceptors (Lipinski definition) is 3. The Balaban J connectivity index is 2.03. The zero-order valence-electron chi connectivity index (χ0n) is 12.4. The summed E-state index contributed by atoms with van der Waals surface area (Å²) in [5, 5.41) is 18.8. The number of hydrogen-bond donors (Lipinski definition) is 2. The van der Waals surface area contributed by atoms with Crippen LogP contribution in [0.15, 0.2) is 0 Å². The molecule has 2 heterocycles. The minimum Gasteiger partial charge on any atom is -0.480 e. The van der Waals surface area contributed by atoms with Gasteiger partial charge in [-0.05, 0) is 17.8 Å². The lowest BCUT2D eigenvalue weighted by Crippen LogP contribution is -2.47. The summed E-state index contributed by atoms with van der Waals surface area (Å²) in [6.07, 6.45) is 0.335. The van der Waals surface area contributed by atoms with Crippen molar-refractivity contribution in [2.24, 2.45) is 11.3 Å². The van der Waals surface area contributed by atoms with Crippen LogP contribution in [0.5, 0.6) is 0 Å². The smallest absolute Gasteiger partial charge is 0.326 e. The quantitative estimate of drug-likeness (QED) is 0.752. The number of β-amino-alcohol motifs (C(OH)–C–C–N with tert-alkyl or cyclic N) is 1. The fourth-order valence-electron chi connectivity index (χ4n) is 3.08. The molecule has 3 atom stereocenters. The monoisotopic (exact) mass is 284 g/mol. The van der Waals surface area contributed by atoms with Crippen molar-refractivity contribution in [3.05, 3.63) is 0 Å². The second-order valence-electron chi connectivity index (χ2n) is 6.98. The van der Waals surface area contributed by atoms with Crippen LogP contribution in [0.2, 0.25) is 0 Å². The maximum Gasteiger partial charge on any atom is 0.326 e. The van der Waals surface area contributed by atoms with E-state index in [9.17, 15) is 14.7 Å². The van der Waals surface area contributed by atoms with Crippen molar-refractivity contribution in [3.8, 4) is 0 Å². The molecule has 0 aromatic heterocycles. The summed E-state index contributed by atoms with van der Waals surface area (Å²) < 4.78 is 0. The molecule has 6 heteroatoms. The van der Waals surface area contributed by atoms with E-state index in [-0.39, 0.29) is 24.4 Å². The lowest BCUT2D eigenvalue weighted by molar-refractivity contribution is -0.141. The van der Waals surface area contributed by atoms with E-state index in [1.54, 1.807) is 4.90 Å². The molecule has 1 unspecified atom stereocenters. The molecular formula is C14H24N2O4. The van der Waals surface area contributed by atoms with E-state index in [0.29, 0.717) is 19.0 Å². The van der Waals surface area contributed by atoms with E-state index in [1.165, 1.54) is 4.90 Å². The van der Waals surface area contributed by atoms with Gasteiger partial charge in [0.1, 0.15) is 6.04 Å². The zero-order valence-corrected chi connectivity index (χ0v) is 12.4. The standard InChI is InChI=1S/C14H24N2O4/c1-14(2,3)9-4-5-15(7-9)13(20)16-8-10(17)6-11(16)12(18)19/h9-11,17H,4-8H2,1-3H3,(H,18,19)/t9?,10-,11-/m0/s1. The maximum atomic E-state index is 12.5. The molecule has 0 aliphatic carbocycles. The molecule has 2 saturated heterocycles. The first-order chi connectivity index (χ1) is 9.20. The van der Waals surface area contributed by atoms with Crippen LogP contribution >= 0.6 is 0 Å². The van der Waals surface area contributed by atoms with E-state index in [4.69, 9.17) is 5.11 Å². The molecule has 0 aromatic rings. The van der Waals surface area contributed by atoms with Crippen molar-refractivity contribution in [3.63, 3.8) is 0 Å². The highest BCUT2D eigenvalue weighted by Crippen LogP contribution is 2.34. The number of aliphatic carboxylic acids is 1. The van der Waals surface area contributed by atoms with Gasteiger partial charge in [-0.1, -0.05) is 20.8 Å². The summed E-state index contributed by atoms with van der Waals surface area (Å²) in [5.74, 6) is -0.608. The van der Waals surface area contributed by atoms with Gasteiger partial charge < -0.3 is 20.0 Å². The predicted octanol–water partition coefficient (Wildman–Crippen LogP) is 0.994. The third kappa shape index (κ3) is 2.90. The van der Waals surface area contributed by atoms with Gasteiger partial charge >= 0.3 is 12.0 Å². The number of carbonyl (C=O) groups is 2. The Labute approximate surface area is 119 Å². The molecule has 114 valence electrons. The molecule has 2 amide bonds. The number of aliphatic hydroxyl groups is 1.